The van der Waals surface area contributed by atoms with Gasteiger partial charge in [-0.15, -0.1) is 0 Å². The molecule has 0 saturated carbocycles. The molecule has 0 aliphatic heterocycles. The van der Waals surface area contributed by atoms with Crippen molar-refractivity contribution in [1.29, 1.82) is 0 Å². The van der Waals surface area contributed by atoms with E-state index >= 15 is 0 Å². The molecule has 0 aromatic heterocycles. The van der Waals surface area contributed by atoms with Crippen molar-refractivity contribution in [2.24, 2.45) is 0 Å². The number of aliphatic hydroxyl groups excluding tert-OH is 1. The van der Waals surface area contributed by atoms with Crippen LogP contribution in [0.5, 0.6) is 5.75 Å². The molecule has 112 valence electrons. The van der Waals surface area contributed by atoms with Gasteiger partial charge >= 0.3 is 6.18 Å². The molecule has 0 bridgehead atoms. The Kier molecular flexibility index (Phi) is 4.47. The van der Waals surface area contributed by atoms with Crippen LogP contribution in [0.2, 0.25) is 0 Å². The number of ether oxygens (including phenoxy) is 1. The first kappa shape index (κ1) is 15.3. The van der Waals surface area contributed by atoms with Crippen molar-refractivity contribution >= 4 is 0 Å². The summed E-state index contributed by atoms with van der Waals surface area (Å²) in [6, 6.07) is 8.34. The highest BCUT2D eigenvalue weighted by molar-refractivity contribution is 5.34. The van der Waals surface area contributed by atoms with Gasteiger partial charge in [-0.2, -0.15) is 13.2 Å². The highest BCUT2D eigenvalue weighted by Gasteiger charge is 2.30. The molecule has 2 aromatic rings. The summed E-state index contributed by atoms with van der Waals surface area (Å²) in [4.78, 5) is 0. The van der Waals surface area contributed by atoms with E-state index in [1.54, 1.807) is 0 Å². The number of rotatable bonds is 4. The van der Waals surface area contributed by atoms with Gasteiger partial charge in [0, 0.05) is 5.56 Å². The Balaban J connectivity index is 2.13. The summed E-state index contributed by atoms with van der Waals surface area (Å²) in [5.41, 5.74) is -0.190. The molecular formula is C15H12F4O2. The third-order valence-electron chi connectivity index (χ3n) is 2.84. The van der Waals surface area contributed by atoms with Crippen molar-refractivity contribution in [3.8, 4) is 5.75 Å². The summed E-state index contributed by atoms with van der Waals surface area (Å²) in [5.74, 6) is -0.290. The van der Waals surface area contributed by atoms with Crippen molar-refractivity contribution in [2.45, 2.75) is 19.4 Å². The van der Waals surface area contributed by atoms with Gasteiger partial charge in [-0.3, -0.25) is 0 Å². The lowest BCUT2D eigenvalue weighted by Crippen LogP contribution is -2.06. The minimum Gasteiger partial charge on any atom is -0.489 e. The van der Waals surface area contributed by atoms with E-state index in [0.29, 0.717) is 5.56 Å². The Hall–Kier alpha value is -2.08. The van der Waals surface area contributed by atoms with E-state index < -0.39 is 24.2 Å². The zero-order valence-corrected chi connectivity index (χ0v) is 10.8. The standard InChI is InChI=1S/C15H12F4O2/c16-13-4-5-14(11(7-13)8-20)21-9-10-2-1-3-12(6-10)15(17,18)19/h1-7,20H,8-9H2. The number of hydrogen-bond acceptors (Lipinski definition) is 2. The Morgan fingerprint density at radius 2 is 1.81 bits per heavy atom. The molecule has 21 heavy (non-hydrogen) atoms. The maximum absolute atomic E-state index is 13.0. The number of alkyl halides is 3. The second-order valence-corrected chi connectivity index (χ2v) is 4.40. The molecule has 0 unspecified atom stereocenters. The maximum atomic E-state index is 13.0. The van der Waals surface area contributed by atoms with Crippen LogP contribution in [0.25, 0.3) is 0 Å². The molecule has 0 fully saturated rings. The van der Waals surface area contributed by atoms with Crippen LogP contribution in [0, 0.1) is 5.82 Å². The molecule has 2 aromatic carbocycles. The third kappa shape index (κ3) is 3.95. The molecule has 0 saturated heterocycles. The lowest BCUT2D eigenvalue weighted by molar-refractivity contribution is -0.137. The maximum Gasteiger partial charge on any atom is 0.416 e. The Labute approximate surface area is 118 Å². The van der Waals surface area contributed by atoms with Gasteiger partial charge in [-0.05, 0) is 35.9 Å². The fraction of sp³-hybridized carbons (Fsp3) is 0.200. The van der Waals surface area contributed by atoms with Crippen LogP contribution in [0.4, 0.5) is 17.6 Å². The van der Waals surface area contributed by atoms with Gasteiger partial charge in [0.2, 0.25) is 0 Å². The second-order valence-electron chi connectivity index (χ2n) is 4.40. The fourth-order valence-electron chi connectivity index (χ4n) is 1.81. The van der Waals surface area contributed by atoms with Crippen LogP contribution in [0.15, 0.2) is 42.5 Å². The van der Waals surface area contributed by atoms with Crippen molar-refractivity contribution in [1.82, 2.24) is 0 Å². The smallest absolute Gasteiger partial charge is 0.416 e. The van der Waals surface area contributed by atoms with E-state index in [2.05, 4.69) is 0 Å². The van der Waals surface area contributed by atoms with Crippen LogP contribution < -0.4 is 4.74 Å². The Morgan fingerprint density at radius 1 is 1.05 bits per heavy atom. The fourth-order valence-corrected chi connectivity index (χ4v) is 1.81. The average Bonchev–Trinajstić information content (AvgIpc) is 2.45. The van der Waals surface area contributed by atoms with E-state index in [-0.39, 0.29) is 17.9 Å². The lowest BCUT2D eigenvalue weighted by atomic mass is 10.1. The van der Waals surface area contributed by atoms with E-state index in [0.717, 1.165) is 24.3 Å². The first-order valence-corrected chi connectivity index (χ1v) is 6.08. The SMILES string of the molecule is OCc1cc(F)ccc1OCc1cccc(C(F)(F)F)c1. The number of hydrogen-bond donors (Lipinski definition) is 1. The normalized spacial score (nSPS) is 11.5. The molecule has 0 amide bonds. The number of benzene rings is 2. The third-order valence-corrected chi connectivity index (χ3v) is 2.84. The van der Waals surface area contributed by atoms with Gasteiger partial charge in [-0.1, -0.05) is 12.1 Å². The summed E-state index contributed by atoms with van der Waals surface area (Å²) < 4.78 is 56.1. The molecular weight excluding hydrogens is 288 g/mol. The molecule has 0 radical (unpaired) electrons. The Bertz CT molecular complexity index is 623. The minimum atomic E-state index is -4.41. The molecule has 0 atom stereocenters. The molecule has 0 aliphatic carbocycles. The number of halogens is 4. The van der Waals surface area contributed by atoms with Crippen LogP contribution in [-0.2, 0) is 19.4 Å². The van der Waals surface area contributed by atoms with Gasteiger partial charge < -0.3 is 9.84 Å². The van der Waals surface area contributed by atoms with Gasteiger partial charge in [0.25, 0.3) is 0 Å². The minimum absolute atomic E-state index is 0.109. The predicted molar refractivity (Wildman–Crippen MR) is 68.1 cm³/mol. The van der Waals surface area contributed by atoms with Crippen molar-refractivity contribution in [3.63, 3.8) is 0 Å². The quantitative estimate of drug-likeness (QED) is 0.867. The largest absolute Gasteiger partial charge is 0.489 e. The van der Waals surface area contributed by atoms with E-state index in [4.69, 9.17) is 9.84 Å². The zero-order chi connectivity index (χ0) is 15.5. The highest BCUT2D eigenvalue weighted by Crippen LogP contribution is 2.30. The van der Waals surface area contributed by atoms with Crippen LogP contribution >= 0.6 is 0 Å². The molecule has 2 rings (SSSR count). The average molecular weight is 300 g/mol. The Morgan fingerprint density at radius 3 is 2.48 bits per heavy atom. The van der Waals surface area contributed by atoms with E-state index in [1.807, 2.05) is 0 Å². The van der Waals surface area contributed by atoms with E-state index in [1.165, 1.54) is 18.2 Å². The zero-order valence-electron chi connectivity index (χ0n) is 10.8. The summed E-state index contributed by atoms with van der Waals surface area (Å²) in [5, 5.41) is 9.10. The summed E-state index contributed by atoms with van der Waals surface area (Å²) >= 11 is 0. The topological polar surface area (TPSA) is 29.5 Å². The first-order chi connectivity index (χ1) is 9.90. The van der Waals surface area contributed by atoms with Gasteiger partial charge in [0.1, 0.15) is 18.2 Å². The monoisotopic (exact) mass is 300 g/mol. The van der Waals surface area contributed by atoms with Crippen molar-refractivity contribution in [3.05, 3.63) is 65.0 Å². The summed E-state index contributed by atoms with van der Waals surface area (Å²) in [6.45, 7) is -0.530. The second kappa shape index (κ2) is 6.13. The van der Waals surface area contributed by atoms with Gasteiger partial charge in [0.05, 0.1) is 12.2 Å². The summed E-state index contributed by atoms with van der Waals surface area (Å²) in [7, 11) is 0. The first-order valence-electron chi connectivity index (χ1n) is 6.08. The van der Waals surface area contributed by atoms with Gasteiger partial charge in [0.15, 0.2) is 0 Å². The lowest BCUT2D eigenvalue weighted by Gasteiger charge is -2.12. The van der Waals surface area contributed by atoms with Crippen LogP contribution in [-0.4, -0.2) is 5.11 Å². The van der Waals surface area contributed by atoms with Gasteiger partial charge in [-0.25, -0.2) is 4.39 Å². The molecule has 6 heteroatoms. The number of aliphatic hydroxyl groups is 1. The van der Waals surface area contributed by atoms with Crippen molar-refractivity contribution in [2.75, 3.05) is 0 Å². The van der Waals surface area contributed by atoms with E-state index in [9.17, 15) is 17.6 Å². The molecule has 0 aliphatic rings. The van der Waals surface area contributed by atoms with Crippen LogP contribution in [0.3, 0.4) is 0 Å². The predicted octanol–water partition coefficient (Wildman–Crippen LogP) is 3.92. The molecule has 0 spiro atoms. The molecule has 2 nitrogen and oxygen atoms in total. The van der Waals surface area contributed by atoms with Crippen molar-refractivity contribution < 1.29 is 27.4 Å². The highest BCUT2D eigenvalue weighted by atomic mass is 19.4. The van der Waals surface area contributed by atoms with Crippen LogP contribution in [0.1, 0.15) is 16.7 Å². The molecule has 0 heterocycles. The molecule has 1 N–H and O–H groups in total. The summed E-state index contributed by atoms with van der Waals surface area (Å²) in [6.07, 6.45) is -4.41.